The quantitative estimate of drug-likeness (QED) is 0.887. The molecule has 2 heterocycles. The van der Waals surface area contributed by atoms with Gasteiger partial charge in [-0.15, -0.1) is 0 Å². The number of aryl methyl sites for hydroxylation is 2. The average molecular weight is 262 g/mol. The summed E-state index contributed by atoms with van der Waals surface area (Å²) in [6.07, 6.45) is 2.88. The first-order chi connectivity index (χ1) is 9.15. The molecule has 5 heteroatoms. The van der Waals surface area contributed by atoms with Crippen LogP contribution < -0.4 is 5.73 Å². The number of hydrogen-bond donors (Lipinski definition) is 1. The minimum atomic E-state index is 0.0769. The first kappa shape index (κ1) is 13.9. The van der Waals surface area contributed by atoms with Gasteiger partial charge in [-0.1, -0.05) is 6.92 Å². The van der Waals surface area contributed by atoms with E-state index in [2.05, 4.69) is 10.2 Å². The van der Waals surface area contributed by atoms with Crippen molar-refractivity contribution in [3.05, 3.63) is 23.0 Å². The molecular weight excluding hydrogens is 240 g/mol. The van der Waals surface area contributed by atoms with Gasteiger partial charge in [0, 0.05) is 13.1 Å². The molecule has 1 amide bonds. The van der Waals surface area contributed by atoms with E-state index in [1.807, 2.05) is 24.8 Å². The fourth-order valence-corrected chi connectivity index (χ4v) is 2.57. The maximum Gasteiger partial charge on any atom is 0.255 e. The van der Waals surface area contributed by atoms with Crippen molar-refractivity contribution >= 4 is 5.91 Å². The molecule has 1 fully saturated rings. The number of aromatic nitrogens is 2. The zero-order valence-electron chi connectivity index (χ0n) is 11.7. The van der Waals surface area contributed by atoms with Gasteiger partial charge in [-0.2, -0.15) is 10.2 Å². The molecule has 0 aliphatic carbocycles. The number of nitrogens with zero attached hydrogens (tertiary/aromatic N) is 3. The van der Waals surface area contributed by atoms with E-state index in [1.165, 1.54) is 0 Å². The lowest BCUT2D eigenvalue weighted by molar-refractivity contribution is 0.0676. The van der Waals surface area contributed by atoms with E-state index in [9.17, 15) is 4.79 Å². The van der Waals surface area contributed by atoms with Crippen LogP contribution in [0.4, 0.5) is 0 Å². The van der Waals surface area contributed by atoms with Crippen LogP contribution in [0.1, 0.15) is 41.5 Å². The molecule has 1 aromatic heterocycles. The molecule has 104 valence electrons. The van der Waals surface area contributed by atoms with Gasteiger partial charge in [0.15, 0.2) is 0 Å². The summed E-state index contributed by atoms with van der Waals surface area (Å²) in [4.78, 5) is 14.5. The van der Waals surface area contributed by atoms with Crippen LogP contribution in [-0.2, 0) is 6.42 Å². The second kappa shape index (κ2) is 6.10. The summed E-state index contributed by atoms with van der Waals surface area (Å²) in [6.45, 7) is 6.09. The molecule has 1 saturated heterocycles. The number of amides is 1. The Morgan fingerprint density at radius 1 is 1.53 bits per heavy atom. The summed E-state index contributed by atoms with van der Waals surface area (Å²) >= 11 is 0. The molecule has 1 aliphatic rings. The summed E-state index contributed by atoms with van der Waals surface area (Å²) in [7, 11) is 0. The maximum absolute atomic E-state index is 12.6. The standard InChI is InChI=1S/C14H22N4O/c1-3-13-12(7-10(2)16-17-13)14(19)18-6-4-5-11(8-15)9-18/h7,11H,3-6,8-9,15H2,1-2H3. The van der Waals surface area contributed by atoms with Crippen molar-refractivity contribution in [3.63, 3.8) is 0 Å². The third kappa shape index (κ3) is 3.10. The normalized spacial score (nSPS) is 19.5. The van der Waals surface area contributed by atoms with E-state index >= 15 is 0 Å². The van der Waals surface area contributed by atoms with Gasteiger partial charge in [0.25, 0.3) is 5.91 Å². The highest BCUT2D eigenvalue weighted by atomic mass is 16.2. The first-order valence-corrected chi connectivity index (χ1v) is 6.98. The Labute approximate surface area is 114 Å². The third-order valence-corrected chi connectivity index (χ3v) is 3.70. The number of rotatable bonds is 3. The van der Waals surface area contributed by atoms with E-state index in [4.69, 9.17) is 5.73 Å². The van der Waals surface area contributed by atoms with Crippen molar-refractivity contribution in [2.75, 3.05) is 19.6 Å². The minimum absolute atomic E-state index is 0.0769. The predicted octanol–water partition coefficient (Wildman–Crippen LogP) is 1.16. The third-order valence-electron chi connectivity index (χ3n) is 3.70. The monoisotopic (exact) mass is 262 g/mol. The lowest BCUT2D eigenvalue weighted by atomic mass is 9.97. The Hall–Kier alpha value is -1.49. The maximum atomic E-state index is 12.6. The smallest absolute Gasteiger partial charge is 0.255 e. The lowest BCUT2D eigenvalue weighted by Crippen LogP contribution is -2.42. The summed E-state index contributed by atoms with van der Waals surface area (Å²) in [5.74, 6) is 0.506. The molecule has 1 aromatic rings. The number of carbonyl (C=O) groups excluding carboxylic acids is 1. The second-order valence-electron chi connectivity index (χ2n) is 5.19. The first-order valence-electron chi connectivity index (χ1n) is 6.98. The fraction of sp³-hybridized carbons (Fsp3) is 0.643. The number of likely N-dealkylation sites (tertiary alicyclic amines) is 1. The number of piperidine rings is 1. The van der Waals surface area contributed by atoms with Gasteiger partial charge in [-0.25, -0.2) is 0 Å². The van der Waals surface area contributed by atoms with Crippen LogP contribution in [0, 0.1) is 12.8 Å². The summed E-state index contributed by atoms with van der Waals surface area (Å²) < 4.78 is 0. The molecule has 0 bridgehead atoms. The molecule has 2 N–H and O–H groups in total. The zero-order chi connectivity index (χ0) is 13.8. The molecule has 0 saturated carbocycles. The van der Waals surface area contributed by atoms with Crippen LogP contribution in [0.15, 0.2) is 6.07 Å². The van der Waals surface area contributed by atoms with E-state index in [0.29, 0.717) is 18.0 Å². The molecule has 1 aliphatic heterocycles. The van der Waals surface area contributed by atoms with Crippen molar-refractivity contribution in [1.29, 1.82) is 0 Å². The van der Waals surface area contributed by atoms with Crippen molar-refractivity contribution in [1.82, 2.24) is 15.1 Å². The van der Waals surface area contributed by atoms with Gasteiger partial charge in [-0.05, 0) is 44.7 Å². The van der Waals surface area contributed by atoms with E-state index < -0.39 is 0 Å². The zero-order valence-corrected chi connectivity index (χ0v) is 11.7. The Bertz CT molecular complexity index is 461. The summed E-state index contributed by atoms with van der Waals surface area (Å²) in [5.41, 5.74) is 7.99. The van der Waals surface area contributed by atoms with E-state index in [-0.39, 0.29) is 5.91 Å². The van der Waals surface area contributed by atoms with Crippen LogP contribution in [0.3, 0.4) is 0 Å². The highest BCUT2D eigenvalue weighted by Gasteiger charge is 2.25. The number of nitrogens with two attached hydrogens (primary N) is 1. The van der Waals surface area contributed by atoms with Gasteiger partial charge in [0.2, 0.25) is 0 Å². The summed E-state index contributed by atoms with van der Waals surface area (Å²) in [6, 6.07) is 1.85. The molecule has 1 atom stereocenters. The largest absolute Gasteiger partial charge is 0.338 e. The van der Waals surface area contributed by atoms with Crippen LogP contribution in [0.2, 0.25) is 0 Å². The van der Waals surface area contributed by atoms with Gasteiger partial charge in [0.05, 0.1) is 17.0 Å². The highest BCUT2D eigenvalue weighted by Crippen LogP contribution is 2.19. The van der Waals surface area contributed by atoms with Crippen molar-refractivity contribution < 1.29 is 4.79 Å². The SMILES string of the molecule is CCc1nnc(C)cc1C(=O)N1CCCC(CN)C1. The van der Waals surface area contributed by atoms with Crippen LogP contribution in [0.25, 0.3) is 0 Å². The Morgan fingerprint density at radius 2 is 2.32 bits per heavy atom. The van der Waals surface area contributed by atoms with Crippen LogP contribution >= 0.6 is 0 Å². The molecule has 0 radical (unpaired) electrons. The van der Waals surface area contributed by atoms with Crippen LogP contribution in [-0.4, -0.2) is 40.6 Å². The lowest BCUT2D eigenvalue weighted by Gasteiger charge is -2.32. The van der Waals surface area contributed by atoms with Crippen molar-refractivity contribution in [3.8, 4) is 0 Å². The average Bonchev–Trinajstić information content (AvgIpc) is 2.46. The molecule has 19 heavy (non-hydrogen) atoms. The van der Waals surface area contributed by atoms with Crippen LogP contribution in [0.5, 0.6) is 0 Å². The molecule has 2 rings (SSSR count). The highest BCUT2D eigenvalue weighted by molar-refractivity contribution is 5.95. The van der Waals surface area contributed by atoms with Crippen molar-refractivity contribution in [2.24, 2.45) is 11.7 Å². The molecule has 1 unspecified atom stereocenters. The van der Waals surface area contributed by atoms with Crippen molar-refractivity contribution in [2.45, 2.75) is 33.1 Å². The fourth-order valence-electron chi connectivity index (χ4n) is 2.57. The predicted molar refractivity (Wildman–Crippen MR) is 73.8 cm³/mol. The van der Waals surface area contributed by atoms with E-state index in [0.717, 1.165) is 43.7 Å². The Morgan fingerprint density at radius 3 is 3.00 bits per heavy atom. The van der Waals surface area contributed by atoms with Gasteiger partial charge in [0.1, 0.15) is 0 Å². The molecular formula is C14H22N4O. The number of hydrogen-bond acceptors (Lipinski definition) is 4. The Balaban J connectivity index is 2.21. The number of carbonyl (C=O) groups is 1. The topological polar surface area (TPSA) is 72.1 Å². The molecule has 5 nitrogen and oxygen atoms in total. The van der Waals surface area contributed by atoms with Gasteiger partial charge >= 0.3 is 0 Å². The van der Waals surface area contributed by atoms with E-state index in [1.54, 1.807) is 0 Å². The second-order valence-corrected chi connectivity index (χ2v) is 5.19. The minimum Gasteiger partial charge on any atom is -0.338 e. The van der Waals surface area contributed by atoms with Gasteiger partial charge in [-0.3, -0.25) is 4.79 Å². The van der Waals surface area contributed by atoms with Gasteiger partial charge < -0.3 is 10.6 Å². The summed E-state index contributed by atoms with van der Waals surface area (Å²) in [5, 5.41) is 8.16. The Kier molecular flexibility index (Phi) is 4.47. The molecule has 0 spiro atoms. The molecule has 0 aromatic carbocycles.